The van der Waals surface area contributed by atoms with Crippen molar-refractivity contribution in [2.24, 2.45) is 0 Å². The average molecular weight is 628 g/mol. The van der Waals surface area contributed by atoms with Crippen molar-refractivity contribution in [1.29, 1.82) is 0 Å². The molecule has 1 N–H and O–H groups in total. The van der Waals surface area contributed by atoms with Gasteiger partial charge < -0.3 is 4.74 Å². The van der Waals surface area contributed by atoms with E-state index >= 15 is 0 Å². The van der Waals surface area contributed by atoms with Gasteiger partial charge in [0.2, 0.25) is 0 Å². The number of nitrogens with zero attached hydrogens (tertiary/aromatic N) is 2. The molecule has 1 saturated carbocycles. The highest BCUT2D eigenvalue weighted by atomic mass is 35.5. The fourth-order valence-electron chi connectivity index (χ4n) is 6.56. The molecule has 1 aliphatic carbocycles. The molecule has 0 saturated heterocycles. The molecule has 1 fully saturated rings. The van der Waals surface area contributed by atoms with Gasteiger partial charge in [-0.1, -0.05) is 115 Å². The van der Waals surface area contributed by atoms with Gasteiger partial charge in [-0.2, -0.15) is 0 Å². The van der Waals surface area contributed by atoms with Crippen molar-refractivity contribution in [1.82, 2.24) is 14.5 Å². The minimum absolute atomic E-state index is 0.0695. The van der Waals surface area contributed by atoms with E-state index in [0.717, 1.165) is 51.8 Å². The molecule has 5 aromatic carbocycles. The van der Waals surface area contributed by atoms with E-state index in [-0.39, 0.29) is 17.7 Å². The summed E-state index contributed by atoms with van der Waals surface area (Å²) < 4.78 is 8.98. The highest BCUT2D eigenvalue weighted by molar-refractivity contribution is 6.31. The SMILES string of the molecule is COC(=O)[C@H](Cc1ccc(-n2c(=O)n(C3CC3)c3cc(Cl)ccc32)cc1)NC(c1ccccc1)(c1ccccc1)c1ccccc1. The normalized spacial score (nSPS) is 13.9. The molecule has 0 bridgehead atoms. The second-order valence-corrected chi connectivity index (χ2v) is 12.2. The van der Waals surface area contributed by atoms with Crippen molar-refractivity contribution in [3.05, 3.63) is 171 Å². The van der Waals surface area contributed by atoms with Crippen LogP contribution < -0.4 is 11.0 Å². The summed E-state index contributed by atoms with van der Waals surface area (Å²) >= 11 is 6.32. The standard InChI is InChI=1S/C39H34ClN3O3/c1-46-37(44)34(41-39(28-11-5-2-6-12-28,29-13-7-3-8-14-29)30-15-9-4-10-16-30)25-27-17-20-32(21-18-27)42-35-24-19-31(40)26-36(35)43(38(42)45)33-22-23-33/h2-21,24,26,33-34,41H,22-23,25H2,1H3/t34-/m0/s1. The van der Waals surface area contributed by atoms with Crippen LogP contribution in [0.25, 0.3) is 16.7 Å². The summed E-state index contributed by atoms with van der Waals surface area (Å²) in [6, 6.07) is 43.5. The van der Waals surface area contributed by atoms with Crippen molar-refractivity contribution in [3.8, 4) is 5.69 Å². The number of rotatable bonds is 10. The van der Waals surface area contributed by atoms with Gasteiger partial charge in [-0.05, 0) is 71.8 Å². The summed E-state index contributed by atoms with van der Waals surface area (Å²) in [6.45, 7) is 0. The summed E-state index contributed by atoms with van der Waals surface area (Å²) in [7, 11) is 1.42. The van der Waals surface area contributed by atoms with Crippen LogP contribution in [0, 0.1) is 0 Å². The molecule has 46 heavy (non-hydrogen) atoms. The molecule has 0 radical (unpaired) electrons. The third-order valence-corrected chi connectivity index (χ3v) is 9.11. The molecule has 1 heterocycles. The second-order valence-electron chi connectivity index (χ2n) is 11.8. The Labute approximate surface area is 272 Å². The molecule has 7 rings (SSSR count). The van der Waals surface area contributed by atoms with Gasteiger partial charge in [0, 0.05) is 11.1 Å². The third-order valence-electron chi connectivity index (χ3n) is 8.88. The molecule has 1 atom stereocenters. The summed E-state index contributed by atoms with van der Waals surface area (Å²) in [6.07, 6.45) is 2.35. The average Bonchev–Trinajstić information content (AvgIpc) is 3.90. The van der Waals surface area contributed by atoms with Crippen LogP contribution in [-0.4, -0.2) is 28.3 Å². The van der Waals surface area contributed by atoms with Gasteiger partial charge in [0.15, 0.2) is 0 Å². The van der Waals surface area contributed by atoms with Crippen molar-refractivity contribution < 1.29 is 9.53 Å². The molecule has 6 aromatic rings. The van der Waals surface area contributed by atoms with Crippen molar-refractivity contribution in [2.75, 3.05) is 7.11 Å². The number of carbonyl (C=O) groups excluding carboxylic acids is 1. The Bertz CT molecular complexity index is 1940. The summed E-state index contributed by atoms with van der Waals surface area (Å²) in [5, 5.41) is 4.38. The Balaban J connectivity index is 1.28. The lowest BCUT2D eigenvalue weighted by atomic mass is 9.76. The maximum atomic E-state index is 13.6. The molecular weight excluding hydrogens is 594 g/mol. The third kappa shape index (κ3) is 5.44. The summed E-state index contributed by atoms with van der Waals surface area (Å²) in [5.74, 6) is -0.364. The zero-order chi connectivity index (χ0) is 31.7. The van der Waals surface area contributed by atoms with Crippen molar-refractivity contribution >= 4 is 28.6 Å². The van der Waals surface area contributed by atoms with Crippen LogP contribution in [0.3, 0.4) is 0 Å². The van der Waals surface area contributed by atoms with Crippen LogP contribution in [0.4, 0.5) is 0 Å². The summed E-state index contributed by atoms with van der Waals surface area (Å²) in [4.78, 5) is 27.2. The van der Waals surface area contributed by atoms with Gasteiger partial charge >= 0.3 is 11.7 Å². The van der Waals surface area contributed by atoms with Gasteiger partial charge in [0.1, 0.15) is 6.04 Å². The van der Waals surface area contributed by atoms with Gasteiger partial charge in [-0.15, -0.1) is 0 Å². The number of carbonyl (C=O) groups is 1. The lowest BCUT2D eigenvalue weighted by Crippen LogP contribution is -2.53. The number of esters is 1. The van der Waals surface area contributed by atoms with Crippen LogP contribution in [0.1, 0.15) is 41.1 Å². The minimum Gasteiger partial charge on any atom is -0.468 e. The fraction of sp³-hybridized carbons (Fsp3) is 0.179. The minimum atomic E-state index is -0.845. The number of imidazole rings is 1. The molecule has 0 spiro atoms. The maximum Gasteiger partial charge on any atom is 0.333 e. The molecule has 6 nitrogen and oxygen atoms in total. The lowest BCUT2D eigenvalue weighted by Gasteiger charge is -2.39. The van der Waals surface area contributed by atoms with Crippen LogP contribution in [0.2, 0.25) is 5.02 Å². The highest BCUT2D eigenvalue weighted by Crippen LogP contribution is 2.39. The van der Waals surface area contributed by atoms with Crippen LogP contribution in [-0.2, 0) is 21.5 Å². The van der Waals surface area contributed by atoms with E-state index in [1.807, 2.05) is 102 Å². The Morgan fingerprint density at radius 3 is 1.85 bits per heavy atom. The van der Waals surface area contributed by atoms with Crippen LogP contribution in [0.5, 0.6) is 0 Å². The predicted molar refractivity (Wildman–Crippen MR) is 183 cm³/mol. The first-order valence-electron chi connectivity index (χ1n) is 15.5. The van der Waals surface area contributed by atoms with Crippen LogP contribution in [0.15, 0.2) is 138 Å². The molecule has 230 valence electrons. The topological polar surface area (TPSA) is 65.3 Å². The lowest BCUT2D eigenvalue weighted by molar-refractivity contribution is -0.143. The van der Waals surface area contributed by atoms with Gasteiger partial charge in [0.05, 0.1) is 29.4 Å². The van der Waals surface area contributed by atoms with E-state index < -0.39 is 11.6 Å². The van der Waals surface area contributed by atoms with Crippen LogP contribution >= 0.6 is 11.6 Å². The molecule has 0 unspecified atom stereocenters. The largest absolute Gasteiger partial charge is 0.468 e. The number of methoxy groups -OCH3 is 1. The molecule has 0 amide bonds. The van der Waals surface area contributed by atoms with E-state index in [4.69, 9.17) is 16.3 Å². The molecule has 1 aliphatic rings. The van der Waals surface area contributed by atoms with Crippen molar-refractivity contribution in [2.45, 2.75) is 36.9 Å². The van der Waals surface area contributed by atoms with E-state index in [0.29, 0.717) is 11.4 Å². The number of hydrogen-bond acceptors (Lipinski definition) is 4. The first-order chi connectivity index (χ1) is 22.5. The highest BCUT2D eigenvalue weighted by Gasteiger charge is 2.40. The second kappa shape index (κ2) is 12.5. The van der Waals surface area contributed by atoms with Gasteiger partial charge in [0.25, 0.3) is 0 Å². The molecule has 7 heteroatoms. The van der Waals surface area contributed by atoms with E-state index in [1.165, 1.54) is 7.11 Å². The van der Waals surface area contributed by atoms with E-state index in [1.54, 1.807) is 4.57 Å². The number of benzene rings is 5. The number of aromatic nitrogens is 2. The zero-order valence-electron chi connectivity index (χ0n) is 25.5. The Morgan fingerprint density at radius 1 is 0.804 bits per heavy atom. The molecule has 1 aromatic heterocycles. The van der Waals surface area contributed by atoms with Gasteiger partial charge in [-0.25, -0.2) is 4.79 Å². The van der Waals surface area contributed by atoms with E-state index in [2.05, 4.69) is 41.7 Å². The first-order valence-corrected chi connectivity index (χ1v) is 15.9. The maximum absolute atomic E-state index is 13.6. The van der Waals surface area contributed by atoms with Gasteiger partial charge in [-0.3, -0.25) is 19.2 Å². The zero-order valence-corrected chi connectivity index (χ0v) is 26.2. The smallest absolute Gasteiger partial charge is 0.333 e. The number of fused-ring (bicyclic) bond motifs is 1. The number of nitrogens with one attached hydrogen (secondary N) is 1. The van der Waals surface area contributed by atoms with E-state index in [9.17, 15) is 9.59 Å². The summed E-state index contributed by atoms with van der Waals surface area (Å²) in [5.41, 5.74) is 5.45. The quantitative estimate of drug-likeness (QED) is 0.127. The first kappa shape index (κ1) is 29.8. The van der Waals surface area contributed by atoms with Crippen molar-refractivity contribution in [3.63, 3.8) is 0 Å². The number of halogens is 1. The number of ether oxygens (including phenoxy) is 1. The number of hydrogen-bond donors (Lipinski definition) is 1. The molecule has 0 aliphatic heterocycles. The molecular formula is C39H34ClN3O3. The Kier molecular flexibility index (Phi) is 8.07. The fourth-order valence-corrected chi connectivity index (χ4v) is 6.72. The monoisotopic (exact) mass is 627 g/mol. The Morgan fingerprint density at radius 2 is 1.35 bits per heavy atom. The Hall–Kier alpha value is -4.91. The predicted octanol–water partition coefficient (Wildman–Crippen LogP) is 7.45.